The Morgan fingerprint density at radius 1 is 1.52 bits per heavy atom. The smallest absolute Gasteiger partial charge is 0.309 e. The SMILES string of the molecule is C=CCCC1(C(=O)O)CCN(Cc2ccncc2F)CC1. The number of nitrogens with zero attached hydrogens (tertiary/aromatic N) is 2. The number of hydrogen-bond acceptors (Lipinski definition) is 3. The van der Waals surface area contributed by atoms with E-state index in [1.807, 2.05) is 0 Å². The van der Waals surface area contributed by atoms with Gasteiger partial charge < -0.3 is 5.11 Å². The van der Waals surface area contributed by atoms with Crippen LogP contribution < -0.4 is 0 Å². The van der Waals surface area contributed by atoms with Gasteiger partial charge in [-0.05, 0) is 44.8 Å². The molecule has 0 amide bonds. The topological polar surface area (TPSA) is 53.4 Å². The van der Waals surface area contributed by atoms with E-state index in [1.165, 1.54) is 6.20 Å². The number of carboxylic acid groups (broad SMARTS) is 1. The monoisotopic (exact) mass is 292 g/mol. The van der Waals surface area contributed by atoms with Crippen LogP contribution in [0.2, 0.25) is 0 Å². The van der Waals surface area contributed by atoms with Crippen molar-refractivity contribution < 1.29 is 14.3 Å². The summed E-state index contributed by atoms with van der Waals surface area (Å²) < 4.78 is 13.6. The lowest BCUT2D eigenvalue weighted by atomic mass is 9.75. The number of pyridine rings is 1. The first-order valence-electron chi connectivity index (χ1n) is 7.22. The molecule has 0 saturated carbocycles. The van der Waals surface area contributed by atoms with Gasteiger partial charge in [-0.25, -0.2) is 4.39 Å². The van der Waals surface area contributed by atoms with Crippen LogP contribution in [0, 0.1) is 11.2 Å². The van der Waals surface area contributed by atoms with Crippen LogP contribution in [0.15, 0.2) is 31.1 Å². The van der Waals surface area contributed by atoms with Crippen LogP contribution in [0.4, 0.5) is 4.39 Å². The third-order valence-corrected chi connectivity index (χ3v) is 4.34. The Bertz CT molecular complexity index is 511. The normalized spacial score (nSPS) is 18.3. The van der Waals surface area contributed by atoms with Crippen LogP contribution in [0.3, 0.4) is 0 Å². The molecule has 1 aliphatic rings. The fourth-order valence-electron chi connectivity index (χ4n) is 2.86. The molecule has 5 heteroatoms. The van der Waals surface area contributed by atoms with Crippen LogP contribution in [0.1, 0.15) is 31.2 Å². The average molecular weight is 292 g/mol. The molecule has 0 aromatic carbocycles. The second-order valence-electron chi connectivity index (χ2n) is 5.66. The Balaban J connectivity index is 1.97. The number of likely N-dealkylation sites (tertiary alicyclic amines) is 1. The molecule has 1 fully saturated rings. The summed E-state index contributed by atoms with van der Waals surface area (Å²) in [7, 11) is 0. The van der Waals surface area contributed by atoms with E-state index in [9.17, 15) is 14.3 Å². The lowest BCUT2D eigenvalue weighted by Crippen LogP contribution is -2.44. The van der Waals surface area contributed by atoms with E-state index >= 15 is 0 Å². The van der Waals surface area contributed by atoms with Crippen molar-refractivity contribution in [2.24, 2.45) is 5.41 Å². The van der Waals surface area contributed by atoms with E-state index in [2.05, 4.69) is 16.5 Å². The highest BCUT2D eigenvalue weighted by atomic mass is 19.1. The number of carboxylic acids is 1. The number of carbonyl (C=O) groups is 1. The van der Waals surface area contributed by atoms with Crippen LogP contribution in [0.5, 0.6) is 0 Å². The van der Waals surface area contributed by atoms with Gasteiger partial charge in [0.05, 0.1) is 11.6 Å². The van der Waals surface area contributed by atoms with E-state index in [1.54, 1.807) is 18.3 Å². The molecular formula is C16H21FN2O2. The minimum Gasteiger partial charge on any atom is -0.481 e. The van der Waals surface area contributed by atoms with Crippen molar-refractivity contribution in [2.45, 2.75) is 32.2 Å². The number of piperidine rings is 1. The maximum atomic E-state index is 13.6. The molecule has 1 saturated heterocycles. The van der Waals surface area contributed by atoms with Crippen molar-refractivity contribution in [1.29, 1.82) is 0 Å². The van der Waals surface area contributed by atoms with Crippen LogP contribution in [-0.2, 0) is 11.3 Å². The zero-order valence-corrected chi connectivity index (χ0v) is 12.1. The molecule has 0 spiro atoms. The van der Waals surface area contributed by atoms with E-state index < -0.39 is 11.4 Å². The molecule has 2 heterocycles. The molecule has 2 rings (SSSR count). The molecule has 0 radical (unpaired) electrons. The van der Waals surface area contributed by atoms with E-state index in [4.69, 9.17) is 0 Å². The fourth-order valence-corrected chi connectivity index (χ4v) is 2.86. The Morgan fingerprint density at radius 2 is 2.24 bits per heavy atom. The molecule has 0 atom stereocenters. The number of rotatable bonds is 6. The summed E-state index contributed by atoms with van der Waals surface area (Å²) in [5.74, 6) is -1.03. The summed E-state index contributed by atoms with van der Waals surface area (Å²) in [5, 5.41) is 9.51. The predicted octanol–water partition coefficient (Wildman–Crippen LogP) is 2.85. The molecule has 114 valence electrons. The molecule has 1 aliphatic heterocycles. The van der Waals surface area contributed by atoms with Crippen molar-refractivity contribution in [1.82, 2.24) is 9.88 Å². The van der Waals surface area contributed by atoms with Crippen LogP contribution in [-0.4, -0.2) is 34.0 Å². The van der Waals surface area contributed by atoms with Crippen molar-refractivity contribution in [2.75, 3.05) is 13.1 Å². The number of aliphatic carboxylic acids is 1. The van der Waals surface area contributed by atoms with Gasteiger partial charge in [-0.3, -0.25) is 14.7 Å². The maximum Gasteiger partial charge on any atom is 0.309 e. The molecule has 0 unspecified atom stereocenters. The van der Waals surface area contributed by atoms with Crippen molar-refractivity contribution in [3.63, 3.8) is 0 Å². The summed E-state index contributed by atoms with van der Waals surface area (Å²) in [6, 6.07) is 1.67. The highest BCUT2D eigenvalue weighted by Crippen LogP contribution is 2.37. The molecule has 0 aliphatic carbocycles. The maximum absolute atomic E-state index is 13.6. The minimum atomic E-state index is -0.723. The summed E-state index contributed by atoms with van der Waals surface area (Å²) in [6.45, 7) is 5.51. The van der Waals surface area contributed by atoms with Gasteiger partial charge in [0.2, 0.25) is 0 Å². The van der Waals surface area contributed by atoms with E-state index in [0.717, 1.165) is 0 Å². The highest BCUT2D eigenvalue weighted by Gasteiger charge is 2.40. The lowest BCUT2D eigenvalue weighted by Gasteiger charge is -2.38. The molecule has 1 N–H and O–H groups in total. The molecular weight excluding hydrogens is 271 g/mol. The third-order valence-electron chi connectivity index (χ3n) is 4.34. The Hall–Kier alpha value is -1.75. The third kappa shape index (κ3) is 3.67. The van der Waals surface area contributed by atoms with Gasteiger partial charge in [-0.2, -0.15) is 0 Å². The van der Waals surface area contributed by atoms with Gasteiger partial charge in [0.1, 0.15) is 5.82 Å². The lowest BCUT2D eigenvalue weighted by molar-refractivity contribution is -0.152. The summed E-state index contributed by atoms with van der Waals surface area (Å²) in [4.78, 5) is 17.4. The van der Waals surface area contributed by atoms with Gasteiger partial charge in [0, 0.05) is 18.3 Å². The molecule has 1 aromatic heterocycles. The first kappa shape index (κ1) is 15.6. The fraction of sp³-hybridized carbons (Fsp3) is 0.500. The van der Waals surface area contributed by atoms with Crippen molar-refractivity contribution >= 4 is 5.97 Å². The second-order valence-corrected chi connectivity index (χ2v) is 5.66. The van der Waals surface area contributed by atoms with Crippen LogP contribution in [0.25, 0.3) is 0 Å². The standard InChI is InChI=1S/C16H21FN2O2/c1-2-3-5-16(15(20)21)6-9-19(10-7-16)12-13-4-8-18-11-14(13)17/h2,4,8,11H,1,3,5-7,9-10,12H2,(H,20,21). The largest absolute Gasteiger partial charge is 0.481 e. The molecule has 1 aromatic rings. The van der Waals surface area contributed by atoms with Crippen molar-refractivity contribution in [3.05, 3.63) is 42.5 Å². The Kier molecular flexibility index (Phi) is 5.07. The second kappa shape index (κ2) is 6.80. The van der Waals surface area contributed by atoms with E-state index in [-0.39, 0.29) is 5.82 Å². The molecule has 0 bridgehead atoms. The minimum absolute atomic E-state index is 0.306. The van der Waals surface area contributed by atoms with Gasteiger partial charge in [0.25, 0.3) is 0 Å². The first-order valence-corrected chi connectivity index (χ1v) is 7.22. The predicted molar refractivity (Wildman–Crippen MR) is 78.2 cm³/mol. The van der Waals surface area contributed by atoms with Gasteiger partial charge >= 0.3 is 5.97 Å². The Labute approximate surface area is 124 Å². The average Bonchev–Trinajstić information content (AvgIpc) is 2.49. The zero-order chi connectivity index (χ0) is 15.3. The first-order chi connectivity index (χ1) is 10.1. The highest BCUT2D eigenvalue weighted by molar-refractivity contribution is 5.74. The van der Waals surface area contributed by atoms with Gasteiger partial charge in [-0.1, -0.05) is 6.08 Å². The number of allylic oxidation sites excluding steroid dienone is 1. The number of halogens is 1. The van der Waals surface area contributed by atoms with Crippen LogP contribution >= 0.6 is 0 Å². The zero-order valence-electron chi connectivity index (χ0n) is 12.1. The van der Waals surface area contributed by atoms with Gasteiger partial charge in [0.15, 0.2) is 0 Å². The summed E-state index contributed by atoms with van der Waals surface area (Å²) in [6.07, 6.45) is 7.10. The molecule has 21 heavy (non-hydrogen) atoms. The summed E-state index contributed by atoms with van der Waals surface area (Å²) in [5.41, 5.74) is -0.0412. The van der Waals surface area contributed by atoms with Crippen molar-refractivity contribution in [3.8, 4) is 0 Å². The quantitative estimate of drug-likeness (QED) is 0.819. The van der Waals surface area contributed by atoms with Gasteiger partial charge in [-0.15, -0.1) is 6.58 Å². The van der Waals surface area contributed by atoms with E-state index in [0.29, 0.717) is 50.9 Å². The molecule has 4 nitrogen and oxygen atoms in total. The Morgan fingerprint density at radius 3 is 2.81 bits per heavy atom. The number of hydrogen-bond donors (Lipinski definition) is 1. The summed E-state index contributed by atoms with van der Waals surface area (Å²) >= 11 is 0. The number of aromatic nitrogens is 1.